The number of fused-ring (bicyclic) bond motifs is 1. The fraction of sp³-hybridized carbons (Fsp3) is 0.571. The molecular weight excluding hydrogens is 320 g/mol. The number of nitrogens with zero attached hydrogens (tertiary/aromatic N) is 4. The van der Waals surface area contributed by atoms with Crippen LogP contribution in [0.5, 0.6) is 0 Å². The van der Waals surface area contributed by atoms with Crippen molar-refractivity contribution in [2.24, 2.45) is 14.1 Å². The second-order valence-corrected chi connectivity index (χ2v) is 5.61. The number of esters is 1. The first-order chi connectivity index (χ1) is 11.3. The third-order valence-electron chi connectivity index (χ3n) is 3.77. The van der Waals surface area contributed by atoms with Gasteiger partial charge in [-0.25, -0.2) is 9.78 Å². The molecule has 0 bridgehead atoms. The minimum Gasteiger partial charge on any atom is -0.469 e. The number of ether oxygens (including phenoxy) is 1. The average Bonchev–Trinajstić information content (AvgIpc) is 2.91. The molecule has 0 fully saturated rings. The summed E-state index contributed by atoms with van der Waals surface area (Å²) in [6.07, 6.45) is -1.34. The van der Waals surface area contributed by atoms with E-state index in [1.54, 1.807) is 7.05 Å². The summed E-state index contributed by atoms with van der Waals surface area (Å²) in [4.78, 5) is 39.9. The van der Waals surface area contributed by atoms with Crippen LogP contribution < -0.4 is 11.2 Å². The Hall–Kier alpha value is -2.46. The standard InChI is InChI=1S/C14H20N4O6/c1-16-7-15-12-11(16)13(22)18(14(23)17(12)2)6-9(20)4-8(19)5-10(21)24-3/h7-9,19-20H,4-6H2,1-3H3/t8-,9+/m1/s1. The van der Waals surface area contributed by atoms with Gasteiger partial charge in [-0.3, -0.25) is 18.7 Å². The van der Waals surface area contributed by atoms with E-state index >= 15 is 0 Å². The minimum atomic E-state index is -1.18. The van der Waals surface area contributed by atoms with Crippen molar-refractivity contribution in [2.75, 3.05) is 7.11 Å². The first-order valence-corrected chi connectivity index (χ1v) is 7.30. The SMILES string of the molecule is COC(=O)C[C@H](O)C[C@H](O)Cn1c(=O)c2c(ncn2C)n(C)c1=O. The van der Waals surface area contributed by atoms with Crippen molar-refractivity contribution >= 4 is 17.1 Å². The van der Waals surface area contributed by atoms with Gasteiger partial charge in [0.1, 0.15) is 0 Å². The van der Waals surface area contributed by atoms with Crippen molar-refractivity contribution in [3.8, 4) is 0 Å². The molecule has 0 radical (unpaired) electrons. The zero-order valence-corrected chi connectivity index (χ0v) is 13.7. The third kappa shape index (κ3) is 3.39. The van der Waals surface area contributed by atoms with Gasteiger partial charge >= 0.3 is 11.7 Å². The van der Waals surface area contributed by atoms with Crippen molar-refractivity contribution in [3.63, 3.8) is 0 Å². The molecule has 2 aromatic rings. The van der Waals surface area contributed by atoms with Gasteiger partial charge in [-0.15, -0.1) is 0 Å². The summed E-state index contributed by atoms with van der Waals surface area (Å²) < 4.78 is 8.03. The molecule has 0 saturated heterocycles. The molecule has 0 aliphatic carbocycles. The highest BCUT2D eigenvalue weighted by molar-refractivity contribution is 5.70. The molecule has 0 unspecified atom stereocenters. The molecule has 0 spiro atoms. The van der Waals surface area contributed by atoms with E-state index in [1.807, 2.05) is 0 Å². The molecule has 2 N–H and O–H groups in total. The largest absolute Gasteiger partial charge is 0.469 e. The Balaban J connectivity index is 2.27. The predicted octanol–water partition coefficient (Wildman–Crippen LogP) is -1.89. The van der Waals surface area contributed by atoms with Crippen LogP contribution in [0.3, 0.4) is 0 Å². The molecule has 2 atom stereocenters. The van der Waals surface area contributed by atoms with Gasteiger partial charge in [0.05, 0.1) is 38.6 Å². The Morgan fingerprint density at radius 1 is 1.29 bits per heavy atom. The fourth-order valence-electron chi connectivity index (χ4n) is 2.52. The quantitative estimate of drug-likeness (QED) is 0.588. The van der Waals surface area contributed by atoms with E-state index in [4.69, 9.17) is 0 Å². The van der Waals surface area contributed by atoms with Crippen LogP contribution in [-0.4, -0.2) is 54.2 Å². The van der Waals surface area contributed by atoms with Gasteiger partial charge in [0.15, 0.2) is 11.2 Å². The van der Waals surface area contributed by atoms with Crippen LogP contribution in [-0.2, 0) is 30.2 Å². The summed E-state index contributed by atoms with van der Waals surface area (Å²) in [7, 11) is 4.30. The van der Waals surface area contributed by atoms with Gasteiger partial charge in [-0.1, -0.05) is 0 Å². The van der Waals surface area contributed by atoms with E-state index in [1.165, 1.54) is 29.6 Å². The number of carbonyl (C=O) groups excluding carboxylic acids is 1. The van der Waals surface area contributed by atoms with E-state index in [2.05, 4.69) is 9.72 Å². The summed E-state index contributed by atoms with van der Waals surface area (Å²) in [6.45, 7) is -0.301. The van der Waals surface area contributed by atoms with Gasteiger partial charge < -0.3 is 19.5 Å². The van der Waals surface area contributed by atoms with Crippen molar-refractivity contribution in [3.05, 3.63) is 27.2 Å². The number of aryl methyl sites for hydroxylation is 2. The first kappa shape index (κ1) is 17.9. The molecule has 0 aliphatic rings. The number of aliphatic hydroxyl groups is 2. The summed E-state index contributed by atoms with van der Waals surface area (Å²) in [6, 6.07) is 0. The van der Waals surface area contributed by atoms with E-state index in [0.29, 0.717) is 0 Å². The van der Waals surface area contributed by atoms with Crippen molar-refractivity contribution in [1.29, 1.82) is 0 Å². The monoisotopic (exact) mass is 340 g/mol. The van der Waals surface area contributed by atoms with E-state index in [9.17, 15) is 24.6 Å². The first-order valence-electron chi connectivity index (χ1n) is 7.30. The molecule has 10 heteroatoms. The van der Waals surface area contributed by atoms with E-state index in [0.717, 1.165) is 4.57 Å². The zero-order chi connectivity index (χ0) is 18.0. The highest BCUT2D eigenvalue weighted by atomic mass is 16.5. The maximum Gasteiger partial charge on any atom is 0.332 e. The van der Waals surface area contributed by atoms with Crippen molar-refractivity contribution < 1.29 is 19.7 Å². The lowest BCUT2D eigenvalue weighted by Crippen LogP contribution is -2.42. The topological polar surface area (TPSA) is 129 Å². The van der Waals surface area contributed by atoms with E-state index < -0.39 is 29.4 Å². The molecule has 2 rings (SSSR count). The summed E-state index contributed by atoms with van der Waals surface area (Å²) in [5.41, 5.74) is -0.703. The molecule has 2 aromatic heterocycles. The molecule has 0 aliphatic heterocycles. The van der Waals surface area contributed by atoms with Crippen LogP contribution in [0, 0.1) is 0 Å². The Bertz CT molecular complexity index is 864. The summed E-state index contributed by atoms with van der Waals surface area (Å²) in [5, 5.41) is 19.8. The predicted molar refractivity (Wildman–Crippen MR) is 83.5 cm³/mol. The maximum absolute atomic E-state index is 12.5. The van der Waals surface area contributed by atoms with Crippen LogP contribution in [0.15, 0.2) is 15.9 Å². The highest BCUT2D eigenvalue weighted by Gasteiger charge is 2.20. The minimum absolute atomic E-state index is 0.173. The normalized spacial score (nSPS) is 13.9. The highest BCUT2D eigenvalue weighted by Crippen LogP contribution is 2.07. The second kappa shape index (κ2) is 6.97. The molecule has 10 nitrogen and oxygen atoms in total. The maximum atomic E-state index is 12.5. The number of carbonyl (C=O) groups is 1. The van der Waals surface area contributed by atoms with Gasteiger partial charge in [0, 0.05) is 20.5 Å². The fourth-order valence-corrected chi connectivity index (χ4v) is 2.52. The lowest BCUT2D eigenvalue weighted by molar-refractivity contribution is -0.143. The number of rotatable bonds is 6. The van der Waals surface area contributed by atoms with Crippen LogP contribution in [0.2, 0.25) is 0 Å². The number of aromatic nitrogens is 4. The molecule has 0 amide bonds. The molecule has 2 heterocycles. The van der Waals surface area contributed by atoms with Crippen LogP contribution >= 0.6 is 0 Å². The summed E-state index contributed by atoms with van der Waals surface area (Å²) in [5.74, 6) is -0.612. The Kier molecular flexibility index (Phi) is 5.20. The molecular formula is C14H20N4O6. The number of aliphatic hydroxyl groups excluding tert-OH is 2. The molecule has 132 valence electrons. The van der Waals surface area contributed by atoms with Crippen LogP contribution in [0.25, 0.3) is 11.2 Å². The zero-order valence-electron chi connectivity index (χ0n) is 13.7. The third-order valence-corrected chi connectivity index (χ3v) is 3.77. The second-order valence-electron chi connectivity index (χ2n) is 5.61. The van der Waals surface area contributed by atoms with Crippen LogP contribution in [0.4, 0.5) is 0 Å². The Labute approximate surface area is 136 Å². The Morgan fingerprint density at radius 3 is 2.58 bits per heavy atom. The van der Waals surface area contributed by atoms with E-state index in [-0.39, 0.29) is 30.6 Å². The Morgan fingerprint density at radius 2 is 1.96 bits per heavy atom. The van der Waals surface area contributed by atoms with Gasteiger partial charge in [-0.05, 0) is 0 Å². The van der Waals surface area contributed by atoms with Crippen LogP contribution in [0.1, 0.15) is 12.8 Å². The summed E-state index contributed by atoms with van der Waals surface area (Å²) >= 11 is 0. The molecule has 24 heavy (non-hydrogen) atoms. The average molecular weight is 340 g/mol. The lowest BCUT2D eigenvalue weighted by Gasteiger charge is -2.16. The van der Waals surface area contributed by atoms with Gasteiger partial charge in [0.2, 0.25) is 0 Å². The van der Waals surface area contributed by atoms with Gasteiger partial charge in [-0.2, -0.15) is 0 Å². The molecule has 0 aromatic carbocycles. The number of hydrogen-bond acceptors (Lipinski definition) is 7. The number of hydrogen-bond donors (Lipinski definition) is 2. The number of imidazole rings is 1. The van der Waals surface area contributed by atoms with Gasteiger partial charge in [0.25, 0.3) is 5.56 Å². The van der Waals surface area contributed by atoms with Crippen molar-refractivity contribution in [2.45, 2.75) is 31.6 Å². The lowest BCUT2D eigenvalue weighted by atomic mass is 10.1. The number of methoxy groups -OCH3 is 1. The van der Waals surface area contributed by atoms with Crippen molar-refractivity contribution in [1.82, 2.24) is 18.7 Å². The smallest absolute Gasteiger partial charge is 0.332 e. The molecule has 0 saturated carbocycles.